The summed E-state index contributed by atoms with van der Waals surface area (Å²) in [5.74, 6) is -7.07. The predicted octanol–water partition coefficient (Wildman–Crippen LogP) is 4.45. The molecule has 186 valence electrons. The van der Waals surface area contributed by atoms with Gasteiger partial charge >= 0.3 is 6.18 Å². The highest BCUT2D eigenvalue weighted by Gasteiger charge is 2.65. The number of halogens is 6. The molecule has 1 aromatic carbocycles. The zero-order valence-electron chi connectivity index (χ0n) is 18.3. The van der Waals surface area contributed by atoms with E-state index in [0.29, 0.717) is 0 Å². The third kappa shape index (κ3) is 4.43. The second-order valence-corrected chi connectivity index (χ2v) is 8.07. The Morgan fingerprint density at radius 3 is 2.50 bits per heavy atom. The average molecular weight is 492 g/mol. The number of alkyl halides is 4. The Morgan fingerprint density at radius 1 is 1.29 bits per heavy atom. The number of carbonyl (C=O) groups excluding carboxylic acids is 1. The molecule has 1 aliphatic rings. The third-order valence-electron chi connectivity index (χ3n) is 6.11. The number of hydrogen-bond acceptors (Lipinski definition) is 5. The van der Waals surface area contributed by atoms with Gasteiger partial charge in [-0.15, -0.1) is 0 Å². The molecule has 0 bridgehead atoms. The number of aliphatic hydroxyl groups is 1. The predicted molar refractivity (Wildman–Crippen MR) is 108 cm³/mol. The van der Waals surface area contributed by atoms with Crippen LogP contribution >= 0.6 is 0 Å². The van der Waals surface area contributed by atoms with Gasteiger partial charge in [0.05, 0.1) is 24.7 Å². The van der Waals surface area contributed by atoms with Gasteiger partial charge in [-0.3, -0.25) is 9.78 Å². The van der Waals surface area contributed by atoms with Crippen LogP contribution < -0.4 is 10.1 Å². The van der Waals surface area contributed by atoms with E-state index < -0.39 is 65.8 Å². The Kier molecular flexibility index (Phi) is 7.13. The van der Waals surface area contributed by atoms with Gasteiger partial charge in [-0.05, 0) is 25.1 Å². The molecule has 1 fully saturated rings. The molecule has 5 atom stereocenters. The average Bonchev–Trinajstić information content (AvgIpc) is 3.07. The van der Waals surface area contributed by atoms with E-state index in [1.54, 1.807) is 0 Å². The fraction of sp³-hybridized carbons (Fsp3) is 0.455. The van der Waals surface area contributed by atoms with Crippen molar-refractivity contribution in [2.45, 2.75) is 43.8 Å². The molecule has 1 aliphatic heterocycles. The molecule has 2 aromatic rings. The number of carbonyl (C=O) groups is 1. The summed E-state index contributed by atoms with van der Waals surface area (Å²) >= 11 is 0. The lowest BCUT2D eigenvalue weighted by atomic mass is 9.77. The zero-order chi connectivity index (χ0) is 25.4. The Bertz CT molecular complexity index is 1050. The smallest absolute Gasteiger partial charge is 0.417 e. The van der Waals surface area contributed by atoms with Crippen molar-refractivity contribution in [1.29, 1.82) is 0 Å². The highest BCUT2D eigenvalue weighted by molar-refractivity contribution is 5.95. The van der Waals surface area contributed by atoms with Crippen LogP contribution in [0.1, 0.15) is 37.1 Å². The van der Waals surface area contributed by atoms with E-state index in [1.807, 2.05) is 0 Å². The minimum Gasteiger partial charge on any atom is -0.493 e. The van der Waals surface area contributed by atoms with E-state index in [9.17, 15) is 36.2 Å². The van der Waals surface area contributed by atoms with E-state index in [0.717, 1.165) is 32.4 Å². The van der Waals surface area contributed by atoms with Crippen LogP contribution in [0.25, 0.3) is 0 Å². The molecule has 0 aliphatic carbocycles. The standard InChI is InChI=1S/C22H22F6N2O4/c1-10-16(12-5-6-13(24)17(25)18(12)33-3)19(34-21(10,2)22(26,27)28)20(32)30-11-4-7-14(29-9-11)15(31)8-23/h4-7,9-10,15-16,19,31H,8H2,1-3H3,(H,30,32)/t10-,15-,16-,19+,21+/m0/s1. The van der Waals surface area contributed by atoms with Crippen molar-refractivity contribution in [3.63, 3.8) is 0 Å². The van der Waals surface area contributed by atoms with Crippen molar-refractivity contribution in [2.24, 2.45) is 5.92 Å². The highest BCUT2D eigenvalue weighted by atomic mass is 19.4. The maximum Gasteiger partial charge on any atom is 0.417 e. The van der Waals surface area contributed by atoms with Crippen LogP contribution in [-0.4, -0.2) is 47.7 Å². The maximum atomic E-state index is 14.4. The normalized spacial score (nSPS) is 25.8. The Labute approximate surface area is 190 Å². The lowest BCUT2D eigenvalue weighted by Crippen LogP contribution is -2.47. The molecule has 0 unspecified atom stereocenters. The second-order valence-electron chi connectivity index (χ2n) is 8.07. The van der Waals surface area contributed by atoms with Crippen molar-refractivity contribution in [3.8, 4) is 5.75 Å². The highest BCUT2D eigenvalue weighted by Crippen LogP contribution is 2.55. The van der Waals surface area contributed by atoms with Gasteiger partial charge in [-0.1, -0.05) is 13.0 Å². The minimum atomic E-state index is -4.89. The molecule has 2 heterocycles. The summed E-state index contributed by atoms with van der Waals surface area (Å²) in [5.41, 5.74) is -2.93. The summed E-state index contributed by atoms with van der Waals surface area (Å²) in [6.07, 6.45) is -7.05. The summed E-state index contributed by atoms with van der Waals surface area (Å²) in [4.78, 5) is 16.8. The van der Waals surface area contributed by atoms with E-state index in [-0.39, 0.29) is 16.9 Å². The number of ether oxygens (including phenoxy) is 2. The third-order valence-corrected chi connectivity index (χ3v) is 6.11. The van der Waals surface area contributed by atoms with Gasteiger partial charge in [-0.2, -0.15) is 17.6 Å². The minimum absolute atomic E-state index is 0.0136. The lowest BCUT2D eigenvalue weighted by molar-refractivity contribution is -0.272. The molecule has 0 radical (unpaired) electrons. The summed E-state index contributed by atoms with van der Waals surface area (Å²) in [6.45, 7) is 0.889. The van der Waals surface area contributed by atoms with Crippen LogP contribution in [0.4, 0.5) is 32.0 Å². The van der Waals surface area contributed by atoms with E-state index in [4.69, 9.17) is 9.47 Å². The van der Waals surface area contributed by atoms with Crippen molar-refractivity contribution in [3.05, 3.63) is 53.4 Å². The van der Waals surface area contributed by atoms with Crippen LogP contribution in [0.5, 0.6) is 5.75 Å². The first kappa shape index (κ1) is 25.8. The molecule has 1 amide bonds. The first-order valence-electron chi connectivity index (χ1n) is 10.1. The number of aromatic nitrogens is 1. The fourth-order valence-electron chi connectivity index (χ4n) is 4.01. The van der Waals surface area contributed by atoms with Crippen molar-refractivity contribution < 1.29 is 45.7 Å². The molecule has 34 heavy (non-hydrogen) atoms. The van der Waals surface area contributed by atoms with Crippen LogP contribution in [0, 0.1) is 17.6 Å². The monoisotopic (exact) mass is 492 g/mol. The first-order valence-corrected chi connectivity index (χ1v) is 10.1. The molecule has 1 saturated heterocycles. The van der Waals surface area contributed by atoms with Crippen LogP contribution in [0.3, 0.4) is 0 Å². The van der Waals surface area contributed by atoms with Crippen LogP contribution in [-0.2, 0) is 9.53 Å². The molecular formula is C22H22F6N2O4. The van der Waals surface area contributed by atoms with Crippen molar-refractivity contribution in [2.75, 3.05) is 19.1 Å². The molecular weight excluding hydrogens is 470 g/mol. The van der Waals surface area contributed by atoms with Gasteiger partial charge in [0.1, 0.15) is 18.9 Å². The van der Waals surface area contributed by atoms with Gasteiger partial charge in [-0.25, -0.2) is 8.78 Å². The zero-order valence-corrected chi connectivity index (χ0v) is 18.3. The summed E-state index contributed by atoms with van der Waals surface area (Å²) < 4.78 is 92.7. The summed E-state index contributed by atoms with van der Waals surface area (Å²) in [7, 11) is 1.03. The molecule has 1 aromatic heterocycles. The Morgan fingerprint density at radius 2 is 1.97 bits per heavy atom. The largest absolute Gasteiger partial charge is 0.493 e. The summed E-state index contributed by atoms with van der Waals surface area (Å²) in [6, 6.07) is 4.29. The van der Waals surface area contributed by atoms with Gasteiger partial charge in [0.25, 0.3) is 5.91 Å². The Balaban J connectivity index is 2.01. The number of anilines is 1. The number of nitrogens with one attached hydrogen (secondary N) is 1. The second kappa shape index (κ2) is 9.41. The number of methoxy groups -OCH3 is 1. The SMILES string of the molecule is COc1c([C@H]2[C@H](C(=O)Nc3ccc([C@@H](O)CF)nc3)O[C@@](C)(C(F)(F)F)[C@H]2C)ccc(F)c1F. The number of aliphatic hydroxyl groups excluding tert-OH is 1. The number of hydrogen-bond donors (Lipinski definition) is 2. The number of amides is 1. The molecule has 12 heteroatoms. The van der Waals surface area contributed by atoms with Gasteiger partial charge < -0.3 is 19.9 Å². The van der Waals surface area contributed by atoms with Crippen molar-refractivity contribution >= 4 is 11.6 Å². The molecule has 6 nitrogen and oxygen atoms in total. The van der Waals surface area contributed by atoms with E-state index >= 15 is 0 Å². The maximum absolute atomic E-state index is 14.4. The molecule has 0 spiro atoms. The van der Waals surface area contributed by atoms with E-state index in [1.165, 1.54) is 19.1 Å². The van der Waals surface area contributed by atoms with Crippen LogP contribution in [0.15, 0.2) is 30.5 Å². The quantitative estimate of drug-likeness (QED) is 0.583. The number of pyridine rings is 1. The number of nitrogens with zero attached hydrogens (tertiary/aromatic N) is 1. The van der Waals surface area contributed by atoms with Gasteiger partial charge in [0, 0.05) is 17.4 Å². The molecule has 0 saturated carbocycles. The van der Waals surface area contributed by atoms with Gasteiger partial charge in [0.15, 0.2) is 17.2 Å². The topological polar surface area (TPSA) is 80.7 Å². The molecule has 3 rings (SSSR count). The van der Waals surface area contributed by atoms with Gasteiger partial charge in [0.2, 0.25) is 5.82 Å². The summed E-state index contributed by atoms with van der Waals surface area (Å²) in [5, 5.41) is 11.8. The van der Waals surface area contributed by atoms with Crippen LogP contribution in [0.2, 0.25) is 0 Å². The lowest BCUT2D eigenvalue weighted by Gasteiger charge is -2.32. The Hall–Kier alpha value is -2.86. The first-order chi connectivity index (χ1) is 15.9. The molecule has 2 N–H and O–H groups in total. The fourth-order valence-corrected chi connectivity index (χ4v) is 4.01. The number of rotatable bonds is 6. The van der Waals surface area contributed by atoms with Crippen molar-refractivity contribution in [1.82, 2.24) is 4.98 Å². The van der Waals surface area contributed by atoms with E-state index in [2.05, 4.69) is 10.3 Å². The number of benzene rings is 1.